The highest BCUT2D eigenvalue weighted by molar-refractivity contribution is 5.69. The van der Waals surface area contributed by atoms with E-state index in [0.717, 1.165) is 6.42 Å². The van der Waals surface area contributed by atoms with Crippen molar-refractivity contribution in [3.8, 4) is 0 Å². The molecule has 0 aliphatic carbocycles. The second-order valence-corrected chi connectivity index (χ2v) is 5.39. The molecule has 1 fully saturated rings. The van der Waals surface area contributed by atoms with Gasteiger partial charge in [-0.25, -0.2) is 4.79 Å². The third-order valence-corrected chi connectivity index (χ3v) is 2.80. The van der Waals surface area contributed by atoms with Crippen LogP contribution in [0.15, 0.2) is 0 Å². The van der Waals surface area contributed by atoms with E-state index in [4.69, 9.17) is 14.6 Å². The van der Waals surface area contributed by atoms with Crippen molar-refractivity contribution in [1.82, 2.24) is 4.90 Å². The molecule has 100 valence electrons. The Labute approximate surface area is 103 Å². The summed E-state index contributed by atoms with van der Waals surface area (Å²) in [5.41, 5.74) is -0.494. The number of ether oxygens (including phenoxy) is 2. The Morgan fingerprint density at radius 2 is 2.12 bits per heavy atom. The maximum absolute atomic E-state index is 12.0. The van der Waals surface area contributed by atoms with Crippen molar-refractivity contribution in [3.05, 3.63) is 0 Å². The largest absolute Gasteiger partial charge is 0.444 e. The SMILES string of the molecule is CO[C@H]1C[C@@H](CCO)N(C(=O)OC(C)(C)C)C1. The normalized spacial score (nSPS) is 25.1. The molecule has 0 aromatic carbocycles. The van der Waals surface area contributed by atoms with Gasteiger partial charge in [-0.05, 0) is 33.6 Å². The van der Waals surface area contributed by atoms with Gasteiger partial charge in [-0.2, -0.15) is 0 Å². The first kappa shape index (κ1) is 14.3. The predicted molar refractivity (Wildman–Crippen MR) is 63.8 cm³/mol. The summed E-state index contributed by atoms with van der Waals surface area (Å²) in [5.74, 6) is 0. The van der Waals surface area contributed by atoms with Gasteiger partial charge in [0.2, 0.25) is 0 Å². The molecule has 0 bridgehead atoms. The third-order valence-electron chi connectivity index (χ3n) is 2.80. The molecule has 1 saturated heterocycles. The van der Waals surface area contributed by atoms with E-state index in [2.05, 4.69) is 0 Å². The van der Waals surface area contributed by atoms with Crippen LogP contribution in [0.4, 0.5) is 4.79 Å². The Hall–Kier alpha value is -0.810. The Morgan fingerprint density at radius 1 is 1.47 bits per heavy atom. The molecule has 0 aromatic heterocycles. The number of carbonyl (C=O) groups is 1. The molecular formula is C12H23NO4. The highest BCUT2D eigenvalue weighted by atomic mass is 16.6. The summed E-state index contributed by atoms with van der Waals surface area (Å²) >= 11 is 0. The molecule has 1 aliphatic rings. The Balaban J connectivity index is 2.63. The number of likely N-dealkylation sites (tertiary alicyclic amines) is 1. The van der Waals surface area contributed by atoms with Crippen LogP contribution in [0.3, 0.4) is 0 Å². The number of hydrogen-bond acceptors (Lipinski definition) is 4. The predicted octanol–water partition coefficient (Wildman–Crippen LogP) is 1.39. The minimum Gasteiger partial charge on any atom is -0.444 e. The minimum atomic E-state index is -0.494. The maximum Gasteiger partial charge on any atom is 0.410 e. The standard InChI is InChI=1S/C12H23NO4/c1-12(2,3)17-11(15)13-8-10(16-4)7-9(13)5-6-14/h9-10,14H,5-8H2,1-4H3/t9-,10+/m1/s1. The van der Waals surface area contributed by atoms with Gasteiger partial charge < -0.3 is 19.5 Å². The lowest BCUT2D eigenvalue weighted by atomic mass is 10.1. The van der Waals surface area contributed by atoms with Gasteiger partial charge in [0, 0.05) is 19.8 Å². The van der Waals surface area contributed by atoms with E-state index in [1.54, 1.807) is 12.0 Å². The molecule has 0 radical (unpaired) electrons. The van der Waals surface area contributed by atoms with Crippen LogP contribution in [0.1, 0.15) is 33.6 Å². The summed E-state index contributed by atoms with van der Waals surface area (Å²) < 4.78 is 10.6. The lowest BCUT2D eigenvalue weighted by Gasteiger charge is -2.28. The van der Waals surface area contributed by atoms with Crippen LogP contribution in [0.25, 0.3) is 0 Å². The van der Waals surface area contributed by atoms with Crippen molar-refractivity contribution >= 4 is 6.09 Å². The number of methoxy groups -OCH3 is 1. The van der Waals surface area contributed by atoms with Crippen LogP contribution < -0.4 is 0 Å². The molecule has 17 heavy (non-hydrogen) atoms. The second kappa shape index (κ2) is 5.69. The van der Waals surface area contributed by atoms with Crippen LogP contribution in [0, 0.1) is 0 Å². The zero-order valence-electron chi connectivity index (χ0n) is 11.1. The van der Waals surface area contributed by atoms with Crippen molar-refractivity contribution in [2.45, 2.75) is 51.4 Å². The highest BCUT2D eigenvalue weighted by Gasteiger charge is 2.37. The lowest BCUT2D eigenvalue weighted by molar-refractivity contribution is 0.0182. The molecule has 0 spiro atoms. The number of carbonyl (C=O) groups excluding carboxylic acids is 1. The van der Waals surface area contributed by atoms with Crippen molar-refractivity contribution in [1.29, 1.82) is 0 Å². The first-order valence-corrected chi connectivity index (χ1v) is 6.00. The molecule has 2 atom stereocenters. The summed E-state index contributed by atoms with van der Waals surface area (Å²) in [6.07, 6.45) is 1.05. The van der Waals surface area contributed by atoms with Crippen molar-refractivity contribution in [3.63, 3.8) is 0 Å². The van der Waals surface area contributed by atoms with Crippen molar-refractivity contribution in [2.75, 3.05) is 20.3 Å². The third kappa shape index (κ3) is 4.16. The van der Waals surface area contributed by atoms with Crippen molar-refractivity contribution < 1.29 is 19.4 Å². The smallest absolute Gasteiger partial charge is 0.410 e. The first-order chi connectivity index (χ1) is 7.87. The zero-order valence-corrected chi connectivity index (χ0v) is 11.1. The molecule has 0 saturated carbocycles. The van der Waals surface area contributed by atoms with Gasteiger partial charge in [0.05, 0.1) is 12.6 Å². The van der Waals surface area contributed by atoms with Gasteiger partial charge in [0.25, 0.3) is 0 Å². The Bertz CT molecular complexity index is 262. The van der Waals surface area contributed by atoms with E-state index in [1.165, 1.54) is 0 Å². The molecule has 0 aromatic rings. The van der Waals surface area contributed by atoms with E-state index in [9.17, 15) is 4.79 Å². The van der Waals surface area contributed by atoms with Gasteiger partial charge in [-0.3, -0.25) is 0 Å². The summed E-state index contributed by atoms with van der Waals surface area (Å²) in [5, 5.41) is 9.00. The van der Waals surface area contributed by atoms with E-state index in [0.29, 0.717) is 13.0 Å². The molecule has 5 nitrogen and oxygen atoms in total. The molecular weight excluding hydrogens is 222 g/mol. The fourth-order valence-electron chi connectivity index (χ4n) is 2.01. The number of aliphatic hydroxyl groups excluding tert-OH is 1. The number of aliphatic hydroxyl groups is 1. The fraction of sp³-hybridized carbons (Fsp3) is 0.917. The lowest BCUT2D eigenvalue weighted by Crippen LogP contribution is -2.40. The van der Waals surface area contributed by atoms with Crippen LogP contribution in [-0.2, 0) is 9.47 Å². The maximum atomic E-state index is 12.0. The summed E-state index contributed by atoms with van der Waals surface area (Å²) in [6, 6.07) is 0.0137. The van der Waals surface area contributed by atoms with E-state index < -0.39 is 5.60 Å². The van der Waals surface area contributed by atoms with Crippen LogP contribution in [-0.4, -0.2) is 54.1 Å². The van der Waals surface area contributed by atoms with Crippen LogP contribution >= 0.6 is 0 Å². The summed E-state index contributed by atoms with van der Waals surface area (Å²) in [7, 11) is 1.64. The Morgan fingerprint density at radius 3 is 2.59 bits per heavy atom. The summed E-state index contributed by atoms with van der Waals surface area (Å²) in [4.78, 5) is 13.6. The van der Waals surface area contributed by atoms with Crippen LogP contribution in [0.2, 0.25) is 0 Å². The van der Waals surface area contributed by atoms with Crippen molar-refractivity contribution in [2.24, 2.45) is 0 Å². The van der Waals surface area contributed by atoms with Crippen LogP contribution in [0.5, 0.6) is 0 Å². The molecule has 1 heterocycles. The quantitative estimate of drug-likeness (QED) is 0.816. The van der Waals surface area contributed by atoms with Gasteiger partial charge >= 0.3 is 6.09 Å². The molecule has 1 amide bonds. The first-order valence-electron chi connectivity index (χ1n) is 6.00. The Kier molecular flexibility index (Phi) is 4.77. The number of amides is 1. The molecule has 1 aliphatic heterocycles. The van der Waals surface area contributed by atoms with E-state index >= 15 is 0 Å². The number of rotatable bonds is 3. The minimum absolute atomic E-state index is 0.0137. The number of hydrogen-bond donors (Lipinski definition) is 1. The zero-order chi connectivity index (χ0) is 13.1. The number of nitrogens with zero attached hydrogens (tertiary/aromatic N) is 1. The average molecular weight is 245 g/mol. The monoisotopic (exact) mass is 245 g/mol. The van der Waals surface area contributed by atoms with Gasteiger partial charge in [-0.15, -0.1) is 0 Å². The fourth-order valence-corrected chi connectivity index (χ4v) is 2.01. The average Bonchev–Trinajstić information content (AvgIpc) is 2.59. The van der Waals surface area contributed by atoms with E-state index in [1.807, 2.05) is 20.8 Å². The van der Waals surface area contributed by atoms with E-state index in [-0.39, 0.29) is 24.8 Å². The molecule has 0 unspecified atom stereocenters. The highest BCUT2D eigenvalue weighted by Crippen LogP contribution is 2.24. The topological polar surface area (TPSA) is 59.0 Å². The van der Waals surface area contributed by atoms with Gasteiger partial charge in [0.15, 0.2) is 0 Å². The molecule has 1 rings (SSSR count). The molecule has 5 heteroatoms. The van der Waals surface area contributed by atoms with Gasteiger partial charge in [-0.1, -0.05) is 0 Å². The molecule has 1 N–H and O–H groups in total. The second-order valence-electron chi connectivity index (χ2n) is 5.39. The van der Waals surface area contributed by atoms with Gasteiger partial charge in [0.1, 0.15) is 5.60 Å². The summed E-state index contributed by atoms with van der Waals surface area (Å²) in [6.45, 7) is 6.14.